The van der Waals surface area contributed by atoms with Crippen molar-refractivity contribution in [2.24, 2.45) is 0 Å². The maximum atomic E-state index is 12.6. The quantitative estimate of drug-likeness (QED) is 0.766. The Labute approximate surface area is 97.8 Å². The molecule has 3 nitrogen and oxygen atoms in total. The SMILES string of the molecule is CC.CF.COS(=O)N1CCC(F)(F)CC1. The summed E-state index contributed by atoms with van der Waals surface area (Å²) in [7, 11) is 1.79. The van der Waals surface area contributed by atoms with Crippen molar-refractivity contribution in [3.05, 3.63) is 0 Å². The van der Waals surface area contributed by atoms with Crippen molar-refractivity contribution in [2.45, 2.75) is 32.6 Å². The maximum Gasteiger partial charge on any atom is 0.250 e. The first-order valence-corrected chi connectivity index (χ1v) is 6.05. The molecule has 0 aromatic heterocycles. The molecule has 0 radical (unpaired) electrons. The fourth-order valence-corrected chi connectivity index (χ4v) is 1.76. The standard InChI is InChI=1S/C6H11F2NO2S.C2H6.CH3F/c1-11-12(10)9-4-2-6(7,8)3-5-9;2*1-2/h2-5H2,1H3;1-2H3;1H3. The lowest BCUT2D eigenvalue weighted by molar-refractivity contribution is -0.0415. The molecule has 7 heteroatoms. The molecule has 0 N–H and O–H groups in total. The van der Waals surface area contributed by atoms with Gasteiger partial charge in [0.2, 0.25) is 11.3 Å². The Morgan fingerprint density at radius 2 is 1.56 bits per heavy atom. The number of hydrogen-bond acceptors (Lipinski definition) is 2. The zero-order chi connectivity index (χ0) is 13.2. The molecule has 1 heterocycles. The third kappa shape index (κ3) is 7.19. The molecule has 0 saturated carbocycles. The lowest BCUT2D eigenvalue weighted by Crippen LogP contribution is -2.40. The third-order valence-corrected chi connectivity index (χ3v) is 2.88. The van der Waals surface area contributed by atoms with Crippen LogP contribution in [0, 0.1) is 0 Å². The van der Waals surface area contributed by atoms with Crippen molar-refractivity contribution in [1.82, 2.24) is 4.31 Å². The molecule has 16 heavy (non-hydrogen) atoms. The molecule has 0 spiro atoms. The van der Waals surface area contributed by atoms with Gasteiger partial charge < -0.3 is 0 Å². The summed E-state index contributed by atoms with van der Waals surface area (Å²) in [4.78, 5) is 0. The van der Waals surface area contributed by atoms with Gasteiger partial charge in [0.1, 0.15) is 0 Å². The van der Waals surface area contributed by atoms with Crippen LogP contribution in [-0.2, 0) is 15.4 Å². The lowest BCUT2D eigenvalue weighted by Gasteiger charge is -2.29. The van der Waals surface area contributed by atoms with Crippen LogP contribution < -0.4 is 0 Å². The van der Waals surface area contributed by atoms with Crippen LogP contribution in [0.25, 0.3) is 0 Å². The van der Waals surface area contributed by atoms with Gasteiger partial charge in [-0.1, -0.05) is 13.8 Å². The number of piperidine rings is 1. The van der Waals surface area contributed by atoms with Crippen molar-refractivity contribution in [3.63, 3.8) is 0 Å². The van der Waals surface area contributed by atoms with E-state index in [0.717, 1.165) is 0 Å². The van der Waals surface area contributed by atoms with E-state index >= 15 is 0 Å². The van der Waals surface area contributed by atoms with E-state index in [2.05, 4.69) is 4.18 Å². The van der Waals surface area contributed by atoms with E-state index in [1.807, 2.05) is 13.8 Å². The number of hydrogen-bond donors (Lipinski definition) is 0. The Hall–Kier alpha value is -0.140. The topological polar surface area (TPSA) is 29.5 Å². The Kier molecular flexibility index (Phi) is 11.4. The molecule has 0 aromatic rings. The monoisotopic (exact) mass is 263 g/mol. The molecule has 1 saturated heterocycles. The lowest BCUT2D eigenvalue weighted by atomic mass is 10.1. The van der Waals surface area contributed by atoms with Crippen LogP contribution in [0.4, 0.5) is 13.2 Å². The Morgan fingerprint density at radius 3 is 1.88 bits per heavy atom. The highest BCUT2D eigenvalue weighted by atomic mass is 32.2. The summed E-state index contributed by atoms with van der Waals surface area (Å²) < 4.78 is 51.5. The number of alkyl halides is 3. The van der Waals surface area contributed by atoms with E-state index in [4.69, 9.17) is 0 Å². The van der Waals surface area contributed by atoms with E-state index in [0.29, 0.717) is 7.18 Å². The first-order valence-electron chi connectivity index (χ1n) is 5.02. The van der Waals surface area contributed by atoms with E-state index < -0.39 is 17.2 Å². The van der Waals surface area contributed by atoms with Crippen molar-refractivity contribution in [3.8, 4) is 0 Å². The van der Waals surface area contributed by atoms with Crippen LogP contribution in [0.1, 0.15) is 26.7 Å². The average Bonchev–Trinajstić information content (AvgIpc) is 2.33. The van der Waals surface area contributed by atoms with E-state index in [-0.39, 0.29) is 25.9 Å². The minimum absolute atomic E-state index is 0.132. The van der Waals surface area contributed by atoms with Gasteiger partial charge >= 0.3 is 0 Å². The van der Waals surface area contributed by atoms with E-state index in [1.54, 1.807) is 0 Å². The predicted molar refractivity (Wildman–Crippen MR) is 59.3 cm³/mol. The summed E-state index contributed by atoms with van der Waals surface area (Å²) >= 11 is -1.55. The van der Waals surface area contributed by atoms with Gasteiger partial charge in [0.15, 0.2) is 0 Å². The average molecular weight is 263 g/mol. The molecule has 0 aromatic carbocycles. The second-order valence-corrected chi connectivity index (χ2v) is 3.95. The van der Waals surface area contributed by atoms with Gasteiger partial charge in [-0.15, -0.1) is 0 Å². The summed E-state index contributed by atoms with van der Waals surface area (Å²) in [6.07, 6.45) is -0.468. The van der Waals surface area contributed by atoms with Crippen molar-refractivity contribution in [2.75, 3.05) is 27.4 Å². The van der Waals surface area contributed by atoms with Gasteiger partial charge in [-0.05, 0) is 0 Å². The van der Waals surface area contributed by atoms with Gasteiger partial charge in [-0.2, -0.15) is 0 Å². The maximum absolute atomic E-state index is 12.6. The smallest absolute Gasteiger partial charge is 0.250 e. The summed E-state index contributed by atoms with van der Waals surface area (Å²) in [6, 6.07) is 0. The molecule has 1 atom stereocenters. The molecular weight excluding hydrogens is 243 g/mol. The van der Waals surface area contributed by atoms with Crippen molar-refractivity contribution >= 4 is 11.3 Å². The molecule has 1 aliphatic heterocycles. The summed E-state index contributed by atoms with van der Waals surface area (Å²) in [5.41, 5.74) is 0. The van der Waals surface area contributed by atoms with Crippen LogP contribution in [0.5, 0.6) is 0 Å². The molecule has 100 valence electrons. The molecule has 1 aliphatic rings. The minimum Gasteiger partial charge on any atom is -0.281 e. The second-order valence-electron chi connectivity index (χ2n) is 2.67. The highest BCUT2D eigenvalue weighted by Gasteiger charge is 2.35. The first-order chi connectivity index (χ1) is 7.55. The van der Waals surface area contributed by atoms with Gasteiger partial charge in [0, 0.05) is 25.9 Å². The molecular formula is C9H20F3NO2S. The van der Waals surface area contributed by atoms with Crippen LogP contribution in [-0.4, -0.2) is 41.8 Å². The molecule has 0 bridgehead atoms. The molecule has 0 amide bonds. The molecule has 1 rings (SSSR count). The third-order valence-electron chi connectivity index (χ3n) is 1.81. The Balaban J connectivity index is 0. The first kappa shape index (κ1) is 18.2. The van der Waals surface area contributed by atoms with Crippen LogP contribution in [0.2, 0.25) is 0 Å². The van der Waals surface area contributed by atoms with E-state index in [1.165, 1.54) is 11.4 Å². The largest absolute Gasteiger partial charge is 0.281 e. The second kappa shape index (κ2) is 10.0. The molecule has 1 fully saturated rings. The van der Waals surface area contributed by atoms with E-state index in [9.17, 15) is 17.4 Å². The molecule has 1 unspecified atom stereocenters. The number of nitrogens with zero attached hydrogens (tertiary/aromatic N) is 1. The summed E-state index contributed by atoms with van der Waals surface area (Å²) in [6.45, 7) is 4.26. The zero-order valence-electron chi connectivity index (χ0n) is 10.1. The molecule has 0 aliphatic carbocycles. The summed E-state index contributed by atoms with van der Waals surface area (Å²) in [5, 5.41) is 0. The predicted octanol–water partition coefficient (Wildman–Crippen LogP) is 2.55. The highest BCUT2D eigenvalue weighted by molar-refractivity contribution is 7.77. The van der Waals surface area contributed by atoms with Crippen molar-refractivity contribution < 1.29 is 21.6 Å². The number of halogens is 3. The van der Waals surface area contributed by atoms with Crippen LogP contribution in [0.15, 0.2) is 0 Å². The van der Waals surface area contributed by atoms with Gasteiger partial charge in [-0.3, -0.25) is 8.57 Å². The zero-order valence-corrected chi connectivity index (χ0v) is 11.0. The highest BCUT2D eigenvalue weighted by Crippen LogP contribution is 2.28. The summed E-state index contributed by atoms with van der Waals surface area (Å²) in [5.74, 6) is -2.59. The minimum atomic E-state index is -2.59. The van der Waals surface area contributed by atoms with Gasteiger partial charge in [0.25, 0.3) is 5.92 Å². The number of rotatable bonds is 2. The van der Waals surface area contributed by atoms with Crippen LogP contribution in [0.3, 0.4) is 0 Å². The van der Waals surface area contributed by atoms with Crippen LogP contribution >= 0.6 is 0 Å². The van der Waals surface area contributed by atoms with Crippen molar-refractivity contribution in [1.29, 1.82) is 0 Å². The normalized spacial score (nSPS) is 20.9. The fourth-order valence-electron chi connectivity index (χ4n) is 1.07. The fraction of sp³-hybridized carbons (Fsp3) is 1.00. The van der Waals surface area contributed by atoms with Gasteiger partial charge in [0.05, 0.1) is 14.3 Å². The Morgan fingerprint density at radius 1 is 1.19 bits per heavy atom. The van der Waals surface area contributed by atoms with Gasteiger partial charge in [-0.25, -0.2) is 17.3 Å². The Bertz CT molecular complexity index is 184.